The third-order valence-corrected chi connectivity index (χ3v) is 5.33. The molecule has 0 aliphatic carbocycles. The predicted molar refractivity (Wildman–Crippen MR) is 111 cm³/mol. The van der Waals surface area contributed by atoms with Gasteiger partial charge in [0.05, 0.1) is 18.0 Å². The van der Waals surface area contributed by atoms with Crippen molar-refractivity contribution in [2.75, 3.05) is 30.4 Å². The molecule has 0 amide bonds. The zero-order chi connectivity index (χ0) is 19.5. The summed E-state index contributed by atoms with van der Waals surface area (Å²) in [5.41, 5.74) is 3.07. The Kier molecular flexibility index (Phi) is 5.43. The van der Waals surface area contributed by atoms with Crippen molar-refractivity contribution in [2.24, 2.45) is 0 Å². The number of rotatable bonds is 6. The van der Waals surface area contributed by atoms with Crippen LogP contribution in [-0.4, -0.2) is 45.9 Å². The summed E-state index contributed by atoms with van der Waals surface area (Å²) in [5, 5.41) is 8.30. The minimum absolute atomic E-state index is 0.329. The minimum Gasteiger partial charge on any atom is -0.381 e. The Labute approximate surface area is 165 Å². The molecule has 7 heteroatoms. The van der Waals surface area contributed by atoms with E-state index in [1.54, 1.807) is 7.11 Å². The van der Waals surface area contributed by atoms with Crippen molar-refractivity contribution in [2.45, 2.75) is 45.3 Å². The molecule has 0 saturated carbocycles. The van der Waals surface area contributed by atoms with E-state index in [1.165, 1.54) is 5.56 Å². The maximum Gasteiger partial charge on any atom is 0.245 e. The molecule has 0 bridgehead atoms. The highest BCUT2D eigenvalue weighted by molar-refractivity contribution is 5.64. The highest BCUT2D eigenvalue weighted by Crippen LogP contribution is 2.24. The quantitative estimate of drug-likeness (QED) is 0.706. The van der Waals surface area contributed by atoms with E-state index in [0.29, 0.717) is 18.6 Å². The molecule has 148 valence electrons. The Morgan fingerprint density at radius 2 is 1.93 bits per heavy atom. The van der Waals surface area contributed by atoms with Crippen LogP contribution in [0.15, 0.2) is 36.5 Å². The third-order valence-electron chi connectivity index (χ3n) is 5.33. The first-order valence-corrected chi connectivity index (χ1v) is 9.97. The van der Waals surface area contributed by atoms with Crippen molar-refractivity contribution >= 4 is 17.4 Å². The van der Waals surface area contributed by atoms with Crippen LogP contribution in [0, 0.1) is 0 Å². The van der Waals surface area contributed by atoms with E-state index in [0.717, 1.165) is 49.0 Å². The molecule has 0 radical (unpaired) electrons. The number of anilines is 2. The lowest BCUT2D eigenvalue weighted by Crippen LogP contribution is -2.38. The molecule has 4 rings (SSSR count). The Morgan fingerprint density at radius 1 is 1.18 bits per heavy atom. The van der Waals surface area contributed by atoms with Gasteiger partial charge in [-0.05, 0) is 24.3 Å². The van der Waals surface area contributed by atoms with Gasteiger partial charge < -0.3 is 15.0 Å². The van der Waals surface area contributed by atoms with Crippen LogP contribution in [0.4, 0.5) is 11.8 Å². The summed E-state index contributed by atoms with van der Waals surface area (Å²) in [6.45, 7) is 6.81. The van der Waals surface area contributed by atoms with E-state index in [-0.39, 0.29) is 0 Å². The van der Waals surface area contributed by atoms with Crippen molar-refractivity contribution in [3.8, 4) is 0 Å². The number of nitrogens with zero attached hydrogens (tertiary/aromatic N) is 5. The van der Waals surface area contributed by atoms with Gasteiger partial charge >= 0.3 is 0 Å². The average molecular weight is 380 g/mol. The van der Waals surface area contributed by atoms with Gasteiger partial charge in [-0.2, -0.15) is 4.98 Å². The molecule has 1 aromatic carbocycles. The smallest absolute Gasteiger partial charge is 0.245 e. The Hall–Kier alpha value is -2.67. The Balaban J connectivity index is 1.66. The monoisotopic (exact) mass is 380 g/mol. The number of aromatic nitrogens is 4. The molecular weight excluding hydrogens is 352 g/mol. The molecule has 0 spiro atoms. The summed E-state index contributed by atoms with van der Waals surface area (Å²) in [4.78, 5) is 11.7. The lowest BCUT2D eigenvalue weighted by Gasteiger charge is -2.31. The summed E-state index contributed by atoms with van der Waals surface area (Å²) in [7, 11) is 1.79. The zero-order valence-corrected chi connectivity index (χ0v) is 16.8. The van der Waals surface area contributed by atoms with Crippen LogP contribution in [0.5, 0.6) is 0 Å². The summed E-state index contributed by atoms with van der Waals surface area (Å²) in [5.74, 6) is 1.85. The molecule has 1 N–H and O–H groups in total. The van der Waals surface area contributed by atoms with E-state index in [9.17, 15) is 0 Å². The number of methoxy groups -OCH3 is 1. The third kappa shape index (κ3) is 3.80. The molecule has 0 atom stereocenters. The van der Waals surface area contributed by atoms with Gasteiger partial charge in [-0.15, -0.1) is 5.10 Å². The standard InChI is InChI=1S/C21H28N6O/c1-15(2)18-14-23-20-19(22-13-16-7-5-4-6-8-16)24-21(25-27(18)20)26-11-9-17(28-3)10-12-26/h4-8,14-15,17H,9-13H2,1-3H3,(H,22,24,25). The Morgan fingerprint density at radius 3 is 2.61 bits per heavy atom. The Bertz CT molecular complexity index is 915. The minimum atomic E-state index is 0.329. The second-order valence-electron chi connectivity index (χ2n) is 7.59. The first-order valence-electron chi connectivity index (χ1n) is 9.97. The number of nitrogens with one attached hydrogen (secondary N) is 1. The second-order valence-corrected chi connectivity index (χ2v) is 7.59. The first-order chi connectivity index (χ1) is 13.7. The van der Waals surface area contributed by atoms with Crippen LogP contribution >= 0.6 is 0 Å². The van der Waals surface area contributed by atoms with Crippen LogP contribution in [-0.2, 0) is 11.3 Å². The summed E-state index contributed by atoms with van der Waals surface area (Å²) < 4.78 is 7.45. The lowest BCUT2D eigenvalue weighted by molar-refractivity contribution is 0.0816. The fraction of sp³-hybridized carbons (Fsp3) is 0.476. The normalized spacial score (nSPS) is 15.5. The van der Waals surface area contributed by atoms with Gasteiger partial charge in [0.2, 0.25) is 5.95 Å². The van der Waals surface area contributed by atoms with Gasteiger partial charge in [-0.3, -0.25) is 0 Å². The second kappa shape index (κ2) is 8.14. The fourth-order valence-corrected chi connectivity index (χ4v) is 3.61. The van der Waals surface area contributed by atoms with E-state index in [1.807, 2.05) is 28.9 Å². The van der Waals surface area contributed by atoms with Crippen LogP contribution < -0.4 is 10.2 Å². The van der Waals surface area contributed by atoms with Crippen LogP contribution in [0.25, 0.3) is 5.65 Å². The number of imidazole rings is 1. The van der Waals surface area contributed by atoms with Gasteiger partial charge in [0, 0.05) is 26.7 Å². The van der Waals surface area contributed by atoms with Gasteiger partial charge in [0.15, 0.2) is 11.5 Å². The summed E-state index contributed by atoms with van der Waals surface area (Å²) in [6, 6.07) is 10.3. The summed E-state index contributed by atoms with van der Waals surface area (Å²) in [6.07, 6.45) is 4.22. The molecule has 7 nitrogen and oxygen atoms in total. The predicted octanol–water partition coefficient (Wildman–Crippen LogP) is 3.48. The van der Waals surface area contributed by atoms with Crippen molar-refractivity contribution in [1.82, 2.24) is 19.6 Å². The van der Waals surface area contributed by atoms with Crippen LogP contribution in [0.1, 0.15) is 43.9 Å². The first kappa shape index (κ1) is 18.7. The van der Waals surface area contributed by atoms with Gasteiger partial charge in [0.1, 0.15) is 0 Å². The lowest BCUT2D eigenvalue weighted by atomic mass is 10.1. The van der Waals surface area contributed by atoms with Gasteiger partial charge in [-0.25, -0.2) is 9.50 Å². The van der Waals surface area contributed by atoms with Gasteiger partial charge in [-0.1, -0.05) is 44.2 Å². The SMILES string of the molecule is COC1CCN(c2nc(NCc3ccccc3)c3ncc(C(C)C)n3n2)CC1. The number of hydrogen-bond donors (Lipinski definition) is 1. The number of fused-ring (bicyclic) bond motifs is 1. The average Bonchev–Trinajstić information content (AvgIpc) is 3.17. The molecular formula is C21H28N6O. The van der Waals surface area contributed by atoms with Crippen molar-refractivity contribution in [3.63, 3.8) is 0 Å². The molecule has 2 aromatic heterocycles. The molecule has 1 fully saturated rings. The molecule has 28 heavy (non-hydrogen) atoms. The van der Waals surface area contributed by atoms with E-state index < -0.39 is 0 Å². The van der Waals surface area contributed by atoms with E-state index >= 15 is 0 Å². The van der Waals surface area contributed by atoms with E-state index in [2.05, 4.69) is 41.2 Å². The van der Waals surface area contributed by atoms with Crippen molar-refractivity contribution in [1.29, 1.82) is 0 Å². The number of benzene rings is 1. The molecule has 1 aliphatic rings. The largest absolute Gasteiger partial charge is 0.381 e. The number of hydrogen-bond acceptors (Lipinski definition) is 6. The van der Waals surface area contributed by atoms with Crippen LogP contribution in [0.2, 0.25) is 0 Å². The molecule has 3 heterocycles. The van der Waals surface area contributed by atoms with Gasteiger partial charge in [0.25, 0.3) is 0 Å². The molecule has 1 aliphatic heterocycles. The molecule has 0 unspecified atom stereocenters. The molecule has 3 aromatic rings. The van der Waals surface area contributed by atoms with Crippen molar-refractivity contribution in [3.05, 3.63) is 47.8 Å². The van der Waals surface area contributed by atoms with Crippen LogP contribution in [0.3, 0.4) is 0 Å². The fourth-order valence-electron chi connectivity index (χ4n) is 3.61. The van der Waals surface area contributed by atoms with Crippen molar-refractivity contribution < 1.29 is 4.74 Å². The van der Waals surface area contributed by atoms with E-state index in [4.69, 9.17) is 14.8 Å². The topological polar surface area (TPSA) is 67.6 Å². The maximum absolute atomic E-state index is 5.50. The highest BCUT2D eigenvalue weighted by atomic mass is 16.5. The number of piperidine rings is 1. The molecule has 1 saturated heterocycles. The highest BCUT2D eigenvalue weighted by Gasteiger charge is 2.23. The number of ether oxygens (including phenoxy) is 1. The summed E-state index contributed by atoms with van der Waals surface area (Å²) >= 11 is 0. The zero-order valence-electron chi connectivity index (χ0n) is 16.8. The maximum atomic E-state index is 5.50.